The van der Waals surface area contributed by atoms with E-state index in [2.05, 4.69) is 5.32 Å². The minimum absolute atomic E-state index is 0.0172. The molecule has 1 aliphatic carbocycles. The van der Waals surface area contributed by atoms with E-state index in [9.17, 15) is 4.79 Å². The molecule has 0 aliphatic heterocycles. The van der Waals surface area contributed by atoms with Crippen LogP contribution in [0.15, 0.2) is 18.2 Å². The van der Waals surface area contributed by atoms with Crippen LogP contribution in [-0.2, 0) is 0 Å². The van der Waals surface area contributed by atoms with Crippen LogP contribution in [0, 0.1) is 19.8 Å². The molecule has 110 valence electrons. The highest BCUT2D eigenvalue weighted by Gasteiger charge is 2.24. The third-order valence-corrected chi connectivity index (χ3v) is 4.42. The molecule has 0 radical (unpaired) electrons. The minimum Gasteiger partial charge on any atom is -0.348 e. The molecule has 1 aliphatic rings. The molecule has 0 spiro atoms. The van der Waals surface area contributed by atoms with Gasteiger partial charge in [0.15, 0.2) is 0 Å². The summed E-state index contributed by atoms with van der Waals surface area (Å²) in [6, 6.07) is 6.06. The van der Waals surface area contributed by atoms with Gasteiger partial charge in [0.1, 0.15) is 0 Å². The van der Waals surface area contributed by atoms with Gasteiger partial charge in [-0.3, -0.25) is 4.79 Å². The van der Waals surface area contributed by atoms with E-state index in [1.165, 1.54) is 37.7 Å². The molecule has 1 unspecified atom stereocenters. The summed E-state index contributed by atoms with van der Waals surface area (Å²) in [5.41, 5.74) is 8.86. The van der Waals surface area contributed by atoms with Crippen LogP contribution in [0.25, 0.3) is 0 Å². The van der Waals surface area contributed by atoms with Gasteiger partial charge in [-0.2, -0.15) is 0 Å². The number of nitrogens with one attached hydrogen (secondary N) is 1. The fourth-order valence-corrected chi connectivity index (χ4v) is 3.22. The van der Waals surface area contributed by atoms with E-state index in [-0.39, 0.29) is 11.9 Å². The van der Waals surface area contributed by atoms with Crippen molar-refractivity contribution in [2.75, 3.05) is 6.54 Å². The van der Waals surface area contributed by atoms with Gasteiger partial charge in [0.2, 0.25) is 0 Å². The Bertz CT molecular complexity index is 464. The van der Waals surface area contributed by atoms with Crippen molar-refractivity contribution in [3.05, 3.63) is 34.9 Å². The number of carbonyl (C=O) groups is 1. The van der Waals surface area contributed by atoms with Gasteiger partial charge in [0.05, 0.1) is 0 Å². The summed E-state index contributed by atoms with van der Waals surface area (Å²) in [6.45, 7) is 4.56. The van der Waals surface area contributed by atoms with Gasteiger partial charge < -0.3 is 11.1 Å². The molecule has 0 saturated heterocycles. The predicted octanol–water partition coefficient (Wildman–Crippen LogP) is 2.94. The molecule has 3 N–H and O–H groups in total. The summed E-state index contributed by atoms with van der Waals surface area (Å²) < 4.78 is 0. The number of benzene rings is 1. The van der Waals surface area contributed by atoms with Gasteiger partial charge in [-0.05, 0) is 44.2 Å². The van der Waals surface area contributed by atoms with Crippen molar-refractivity contribution in [3.8, 4) is 0 Å². The highest BCUT2D eigenvalue weighted by molar-refractivity contribution is 5.95. The molecule has 1 fully saturated rings. The molecule has 0 heterocycles. The standard InChI is InChI=1S/C17H26N2O/c1-12-8-9-15(13(2)10-12)17(20)19-16(11-18)14-6-4-3-5-7-14/h8-10,14,16H,3-7,11,18H2,1-2H3,(H,19,20). The second kappa shape index (κ2) is 6.89. The first kappa shape index (κ1) is 15.0. The molecule has 1 saturated carbocycles. The molecule has 3 nitrogen and oxygen atoms in total. The minimum atomic E-state index is 0.0172. The maximum Gasteiger partial charge on any atom is 0.251 e. The monoisotopic (exact) mass is 274 g/mol. The summed E-state index contributed by atoms with van der Waals surface area (Å²) in [5, 5.41) is 3.15. The lowest BCUT2D eigenvalue weighted by Gasteiger charge is -2.30. The maximum atomic E-state index is 12.4. The van der Waals surface area contributed by atoms with Crippen LogP contribution < -0.4 is 11.1 Å². The first-order chi connectivity index (χ1) is 9.61. The third kappa shape index (κ3) is 3.60. The average molecular weight is 274 g/mol. The summed E-state index contributed by atoms with van der Waals surface area (Å²) in [5.74, 6) is 0.562. The Morgan fingerprint density at radius 1 is 1.30 bits per heavy atom. The Kier molecular flexibility index (Phi) is 5.18. The molecule has 3 heteroatoms. The molecule has 1 atom stereocenters. The number of nitrogens with two attached hydrogens (primary N) is 1. The maximum absolute atomic E-state index is 12.4. The highest BCUT2D eigenvalue weighted by Crippen LogP contribution is 2.26. The van der Waals surface area contributed by atoms with Crippen LogP contribution in [0.4, 0.5) is 0 Å². The normalized spacial score (nSPS) is 17.8. The summed E-state index contributed by atoms with van der Waals surface area (Å²) >= 11 is 0. The third-order valence-electron chi connectivity index (χ3n) is 4.42. The Labute approximate surface area is 121 Å². The molecule has 0 aromatic heterocycles. The van der Waals surface area contributed by atoms with Crippen LogP contribution >= 0.6 is 0 Å². The second-order valence-corrected chi connectivity index (χ2v) is 6.03. The SMILES string of the molecule is Cc1ccc(C(=O)NC(CN)C2CCCCC2)c(C)c1. The Balaban J connectivity index is 2.04. The molecular weight excluding hydrogens is 248 g/mol. The highest BCUT2D eigenvalue weighted by atomic mass is 16.1. The van der Waals surface area contributed by atoms with Crippen molar-refractivity contribution in [2.45, 2.75) is 52.0 Å². The molecule has 20 heavy (non-hydrogen) atoms. The molecule has 0 bridgehead atoms. The van der Waals surface area contributed by atoms with Crippen LogP contribution in [0.2, 0.25) is 0 Å². The number of hydrogen-bond acceptors (Lipinski definition) is 2. The second-order valence-electron chi connectivity index (χ2n) is 6.03. The quantitative estimate of drug-likeness (QED) is 0.887. The molecule has 1 aromatic rings. The zero-order chi connectivity index (χ0) is 14.5. The lowest BCUT2D eigenvalue weighted by atomic mass is 9.83. The predicted molar refractivity (Wildman–Crippen MR) is 82.8 cm³/mol. The zero-order valence-electron chi connectivity index (χ0n) is 12.6. The van der Waals surface area contributed by atoms with Crippen molar-refractivity contribution in [3.63, 3.8) is 0 Å². The summed E-state index contributed by atoms with van der Waals surface area (Å²) in [7, 11) is 0. The zero-order valence-corrected chi connectivity index (χ0v) is 12.6. The Hall–Kier alpha value is -1.35. The lowest BCUT2D eigenvalue weighted by Crippen LogP contribution is -2.46. The Morgan fingerprint density at radius 2 is 2.00 bits per heavy atom. The van der Waals surface area contributed by atoms with E-state index in [0.717, 1.165) is 11.1 Å². The largest absolute Gasteiger partial charge is 0.348 e. The van der Waals surface area contributed by atoms with E-state index in [1.54, 1.807) is 0 Å². The smallest absolute Gasteiger partial charge is 0.251 e. The fourth-order valence-electron chi connectivity index (χ4n) is 3.22. The molecular formula is C17H26N2O. The average Bonchev–Trinajstić information content (AvgIpc) is 2.45. The number of carbonyl (C=O) groups excluding carboxylic acids is 1. The van der Waals surface area contributed by atoms with Crippen LogP contribution in [0.5, 0.6) is 0 Å². The van der Waals surface area contributed by atoms with E-state index >= 15 is 0 Å². The van der Waals surface area contributed by atoms with Crippen molar-refractivity contribution >= 4 is 5.91 Å². The van der Waals surface area contributed by atoms with Gasteiger partial charge in [-0.1, -0.05) is 37.0 Å². The number of amides is 1. The van der Waals surface area contributed by atoms with E-state index in [4.69, 9.17) is 5.73 Å². The van der Waals surface area contributed by atoms with E-state index in [0.29, 0.717) is 12.5 Å². The van der Waals surface area contributed by atoms with Crippen LogP contribution in [-0.4, -0.2) is 18.5 Å². The summed E-state index contributed by atoms with van der Waals surface area (Å²) in [6.07, 6.45) is 6.23. The number of aryl methyl sites for hydroxylation is 2. The number of hydrogen-bond donors (Lipinski definition) is 2. The molecule has 1 amide bonds. The summed E-state index contributed by atoms with van der Waals surface area (Å²) in [4.78, 5) is 12.4. The topological polar surface area (TPSA) is 55.1 Å². The van der Waals surface area contributed by atoms with E-state index in [1.807, 2.05) is 32.0 Å². The molecule has 2 rings (SSSR count). The van der Waals surface area contributed by atoms with Gasteiger partial charge in [0.25, 0.3) is 5.91 Å². The first-order valence-electron chi connectivity index (χ1n) is 7.70. The van der Waals surface area contributed by atoms with Gasteiger partial charge in [-0.15, -0.1) is 0 Å². The van der Waals surface area contributed by atoms with Gasteiger partial charge >= 0.3 is 0 Å². The van der Waals surface area contributed by atoms with Crippen molar-refractivity contribution in [2.24, 2.45) is 11.7 Å². The Morgan fingerprint density at radius 3 is 2.60 bits per heavy atom. The molecule has 1 aromatic carbocycles. The lowest BCUT2D eigenvalue weighted by molar-refractivity contribution is 0.0915. The number of rotatable bonds is 4. The van der Waals surface area contributed by atoms with Gasteiger partial charge in [-0.25, -0.2) is 0 Å². The van der Waals surface area contributed by atoms with E-state index < -0.39 is 0 Å². The fraction of sp³-hybridized carbons (Fsp3) is 0.588. The van der Waals surface area contributed by atoms with Gasteiger partial charge in [0, 0.05) is 18.2 Å². The van der Waals surface area contributed by atoms with Crippen LogP contribution in [0.1, 0.15) is 53.6 Å². The van der Waals surface area contributed by atoms with Crippen molar-refractivity contribution in [1.82, 2.24) is 5.32 Å². The van der Waals surface area contributed by atoms with Crippen molar-refractivity contribution in [1.29, 1.82) is 0 Å². The first-order valence-corrected chi connectivity index (χ1v) is 7.70. The van der Waals surface area contributed by atoms with Crippen LogP contribution in [0.3, 0.4) is 0 Å². The van der Waals surface area contributed by atoms with Crippen molar-refractivity contribution < 1.29 is 4.79 Å².